The number of benzene rings is 7. The molecular weight excluding hydrogens is 820 g/mol. The Kier molecular flexibility index (Phi) is 12.4. The van der Waals surface area contributed by atoms with E-state index in [1.807, 2.05) is 79.1 Å². The van der Waals surface area contributed by atoms with Crippen molar-refractivity contribution >= 4 is 0 Å². The SMILES string of the molecule is N#Cc1ccc(-c2ccc(-c3cc(-c4ccccn4)ccc3-c3ccccc3-c3cc(CCc4ccc(-c5ccccn5)cc4)cc(CCc4ccc(-c5ccccn5)cc4)c3)cc2F)cc1. The number of hydrogen-bond donors (Lipinski definition) is 0. The third-order valence-electron chi connectivity index (χ3n) is 12.4. The Balaban J connectivity index is 1.02. The summed E-state index contributed by atoms with van der Waals surface area (Å²) < 4.78 is 16.3. The summed E-state index contributed by atoms with van der Waals surface area (Å²) in [5, 5.41) is 9.34. The fraction of sp³-hybridized carbons (Fsp3) is 0.0645. The van der Waals surface area contributed by atoms with Crippen molar-refractivity contribution < 1.29 is 4.39 Å². The molecule has 0 atom stereocenters. The normalized spacial score (nSPS) is 11.0. The lowest BCUT2D eigenvalue weighted by molar-refractivity contribution is 0.632. The van der Waals surface area contributed by atoms with Gasteiger partial charge in [-0.05, 0) is 148 Å². The standard InChI is InChI=1S/C62H45FN4/c63-59-41-51(30-32-55(59)48-24-22-45(42-64)23-25-48)58-40-52(62-13-5-8-36-67-62)31-33-57(58)56-10-2-1-9-54(56)53-38-46(16-14-43-18-26-49(27-19-43)60-11-3-6-34-65-60)37-47(39-53)17-15-44-20-28-50(29-21-44)61-12-4-7-35-66-61/h1-13,18-41H,14-17H2. The van der Waals surface area contributed by atoms with Crippen LogP contribution in [0.5, 0.6) is 0 Å². The van der Waals surface area contributed by atoms with Gasteiger partial charge in [0.25, 0.3) is 0 Å². The minimum absolute atomic E-state index is 0.334. The zero-order valence-electron chi connectivity index (χ0n) is 36.9. The zero-order valence-corrected chi connectivity index (χ0v) is 36.9. The van der Waals surface area contributed by atoms with E-state index >= 15 is 4.39 Å². The quantitative estimate of drug-likeness (QED) is 0.116. The van der Waals surface area contributed by atoms with Gasteiger partial charge in [-0.2, -0.15) is 5.26 Å². The summed E-state index contributed by atoms with van der Waals surface area (Å²) in [7, 11) is 0. The predicted molar refractivity (Wildman–Crippen MR) is 270 cm³/mol. The first-order chi connectivity index (χ1) is 33.0. The maximum atomic E-state index is 16.3. The summed E-state index contributed by atoms with van der Waals surface area (Å²) in [6.45, 7) is 0. The van der Waals surface area contributed by atoms with Gasteiger partial charge in [-0.3, -0.25) is 15.0 Å². The van der Waals surface area contributed by atoms with E-state index in [0.717, 1.165) is 98.4 Å². The van der Waals surface area contributed by atoms with Crippen LogP contribution in [0.1, 0.15) is 27.8 Å². The van der Waals surface area contributed by atoms with Gasteiger partial charge >= 0.3 is 0 Å². The highest BCUT2D eigenvalue weighted by Crippen LogP contribution is 2.42. The molecule has 7 aromatic carbocycles. The summed E-state index contributed by atoms with van der Waals surface area (Å²) in [6, 6.07) is 72.1. The Labute approximate surface area is 391 Å². The number of halogens is 1. The Morgan fingerprint density at radius 2 is 0.776 bits per heavy atom. The van der Waals surface area contributed by atoms with Crippen LogP contribution in [-0.2, 0) is 25.7 Å². The highest BCUT2D eigenvalue weighted by atomic mass is 19.1. The third kappa shape index (κ3) is 9.76. The lowest BCUT2D eigenvalue weighted by atomic mass is 9.86. The number of pyridine rings is 3. The van der Waals surface area contributed by atoms with Gasteiger partial charge in [-0.25, -0.2) is 4.39 Å². The Morgan fingerprint density at radius 3 is 1.30 bits per heavy atom. The first kappa shape index (κ1) is 42.4. The maximum absolute atomic E-state index is 16.3. The average Bonchev–Trinajstić information content (AvgIpc) is 3.40. The van der Waals surface area contributed by atoms with Crippen LogP contribution in [-0.4, -0.2) is 15.0 Å². The molecule has 0 unspecified atom stereocenters. The molecule has 67 heavy (non-hydrogen) atoms. The Morgan fingerprint density at radius 1 is 0.328 bits per heavy atom. The van der Waals surface area contributed by atoms with Gasteiger partial charge in [0.1, 0.15) is 5.82 Å². The van der Waals surface area contributed by atoms with Gasteiger partial charge in [0.05, 0.1) is 28.7 Å². The second-order valence-electron chi connectivity index (χ2n) is 16.8. The first-order valence-corrected chi connectivity index (χ1v) is 22.6. The van der Waals surface area contributed by atoms with Crippen molar-refractivity contribution in [1.82, 2.24) is 15.0 Å². The summed E-state index contributed by atoms with van der Waals surface area (Å²) in [4.78, 5) is 13.7. The predicted octanol–water partition coefficient (Wildman–Crippen LogP) is 15.1. The molecule has 0 fully saturated rings. The van der Waals surface area contributed by atoms with Gasteiger partial charge in [0.15, 0.2) is 0 Å². The number of rotatable bonds is 13. The van der Waals surface area contributed by atoms with Crippen molar-refractivity contribution in [3.8, 4) is 84.3 Å². The minimum atomic E-state index is -0.334. The number of aromatic nitrogens is 3. The van der Waals surface area contributed by atoms with Crippen molar-refractivity contribution in [2.24, 2.45) is 0 Å². The van der Waals surface area contributed by atoms with Crippen LogP contribution in [0.25, 0.3) is 78.3 Å². The van der Waals surface area contributed by atoms with E-state index in [2.05, 4.69) is 130 Å². The lowest BCUT2D eigenvalue weighted by Crippen LogP contribution is -1.98. The van der Waals surface area contributed by atoms with Gasteiger partial charge in [-0.15, -0.1) is 0 Å². The van der Waals surface area contributed by atoms with E-state index in [4.69, 9.17) is 0 Å². The Bertz CT molecular complexity index is 3220. The van der Waals surface area contributed by atoms with Gasteiger partial charge < -0.3 is 0 Å². The second kappa shape index (κ2) is 19.7. The summed E-state index contributed by atoms with van der Waals surface area (Å²) >= 11 is 0. The van der Waals surface area contributed by atoms with E-state index in [-0.39, 0.29) is 5.82 Å². The molecule has 0 bridgehead atoms. The number of nitrogens with zero attached hydrogens (tertiary/aromatic N) is 4. The highest BCUT2D eigenvalue weighted by molar-refractivity contribution is 5.94. The van der Waals surface area contributed by atoms with Crippen LogP contribution in [0.2, 0.25) is 0 Å². The maximum Gasteiger partial charge on any atom is 0.131 e. The van der Waals surface area contributed by atoms with E-state index in [1.165, 1.54) is 22.3 Å². The molecule has 0 saturated carbocycles. The summed E-state index contributed by atoms with van der Waals surface area (Å²) in [5.74, 6) is -0.334. The molecule has 3 aromatic heterocycles. The molecule has 0 amide bonds. The van der Waals surface area contributed by atoms with Crippen molar-refractivity contribution in [2.45, 2.75) is 25.7 Å². The van der Waals surface area contributed by atoms with Crippen LogP contribution in [0, 0.1) is 17.1 Å². The molecule has 0 spiro atoms. The van der Waals surface area contributed by atoms with Crippen LogP contribution < -0.4 is 0 Å². The van der Waals surface area contributed by atoms with Crippen molar-refractivity contribution in [1.29, 1.82) is 5.26 Å². The van der Waals surface area contributed by atoms with Gasteiger partial charge in [0.2, 0.25) is 0 Å². The molecule has 0 aliphatic carbocycles. The van der Waals surface area contributed by atoms with E-state index < -0.39 is 0 Å². The molecule has 10 rings (SSSR count). The molecule has 3 heterocycles. The molecule has 0 radical (unpaired) electrons. The molecule has 0 aliphatic heterocycles. The van der Waals surface area contributed by atoms with E-state index in [0.29, 0.717) is 11.1 Å². The fourth-order valence-corrected chi connectivity index (χ4v) is 8.86. The van der Waals surface area contributed by atoms with Crippen molar-refractivity contribution in [3.63, 3.8) is 0 Å². The molecule has 0 saturated heterocycles. The van der Waals surface area contributed by atoms with Crippen LogP contribution >= 0.6 is 0 Å². The smallest absolute Gasteiger partial charge is 0.131 e. The van der Waals surface area contributed by atoms with Crippen molar-refractivity contribution in [3.05, 3.63) is 258 Å². The second-order valence-corrected chi connectivity index (χ2v) is 16.8. The van der Waals surface area contributed by atoms with Crippen LogP contribution in [0.4, 0.5) is 4.39 Å². The molecule has 5 heteroatoms. The molecular formula is C62H45FN4. The van der Waals surface area contributed by atoms with Gasteiger partial charge in [0, 0.05) is 40.8 Å². The minimum Gasteiger partial charge on any atom is -0.256 e. The fourth-order valence-electron chi connectivity index (χ4n) is 8.86. The molecule has 4 nitrogen and oxygen atoms in total. The average molecular weight is 865 g/mol. The third-order valence-corrected chi connectivity index (χ3v) is 12.4. The summed E-state index contributed by atoms with van der Waals surface area (Å²) in [6.07, 6.45) is 9.00. The molecule has 0 aliphatic rings. The largest absolute Gasteiger partial charge is 0.256 e. The number of hydrogen-bond acceptors (Lipinski definition) is 4. The zero-order chi connectivity index (χ0) is 45.4. The van der Waals surface area contributed by atoms with Crippen LogP contribution in [0.15, 0.2) is 225 Å². The van der Waals surface area contributed by atoms with E-state index in [9.17, 15) is 5.26 Å². The van der Waals surface area contributed by atoms with Gasteiger partial charge in [-0.1, -0.05) is 146 Å². The lowest BCUT2D eigenvalue weighted by Gasteiger charge is -2.18. The van der Waals surface area contributed by atoms with Crippen LogP contribution in [0.3, 0.4) is 0 Å². The highest BCUT2D eigenvalue weighted by Gasteiger charge is 2.18. The first-order valence-electron chi connectivity index (χ1n) is 22.6. The summed E-state index contributed by atoms with van der Waals surface area (Å²) in [5.41, 5.74) is 18.7. The molecule has 320 valence electrons. The number of aryl methyl sites for hydroxylation is 4. The topological polar surface area (TPSA) is 62.5 Å². The Hall–Kier alpha value is -8.59. The molecule has 0 N–H and O–H groups in total. The number of nitriles is 1. The van der Waals surface area contributed by atoms with E-state index in [1.54, 1.807) is 36.5 Å². The molecule has 10 aromatic rings. The monoisotopic (exact) mass is 864 g/mol. The van der Waals surface area contributed by atoms with Crippen molar-refractivity contribution in [2.75, 3.05) is 0 Å².